The van der Waals surface area contributed by atoms with Gasteiger partial charge in [-0.25, -0.2) is 4.98 Å². The third kappa shape index (κ3) is 2.78. The first-order chi connectivity index (χ1) is 9.28. The van der Waals surface area contributed by atoms with Crippen LogP contribution in [-0.4, -0.2) is 51.8 Å². The standard InChI is InChI=1S/C13H20N4O2/c1-2-19-10-4-3-7-17(8-10)13(18)12-14-11(15-16-12)9-5-6-9/h9-10H,2-8H2,1H3,(H,14,15,16). The minimum absolute atomic E-state index is 0.0763. The van der Waals surface area contributed by atoms with Gasteiger partial charge in [-0.05, 0) is 32.6 Å². The largest absolute Gasteiger partial charge is 0.377 e. The molecule has 1 aliphatic carbocycles. The van der Waals surface area contributed by atoms with E-state index in [4.69, 9.17) is 4.74 Å². The summed E-state index contributed by atoms with van der Waals surface area (Å²) in [6.07, 6.45) is 4.47. The predicted octanol–water partition coefficient (Wildman–Crippen LogP) is 1.32. The van der Waals surface area contributed by atoms with E-state index in [0.717, 1.165) is 38.1 Å². The summed E-state index contributed by atoms with van der Waals surface area (Å²) in [5, 5.41) is 6.94. The molecule has 0 radical (unpaired) electrons. The number of hydrogen-bond donors (Lipinski definition) is 1. The summed E-state index contributed by atoms with van der Waals surface area (Å²) in [6, 6.07) is 0. The number of likely N-dealkylation sites (tertiary alicyclic amines) is 1. The predicted molar refractivity (Wildman–Crippen MR) is 68.9 cm³/mol. The van der Waals surface area contributed by atoms with Crippen LogP contribution in [0.3, 0.4) is 0 Å². The van der Waals surface area contributed by atoms with E-state index in [1.807, 2.05) is 11.8 Å². The summed E-state index contributed by atoms with van der Waals surface area (Å²) in [4.78, 5) is 18.5. The van der Waals surface area contributed by atoms with Crippen LogP contribution in [-0.2, 0) is 4.74 Å². The molecule has 1 aromatic rings. The lowest BCUT2D eigenvalue weighted by molar-refractivity contribution is 0.00682. The SMILES string of the molecule is CCOC1CCCN(C(=O)c2n[nH]c(C3CC3)n2)C1. The molecule has 1 unspecified atom stereocenters. The number of nitrogens with zero attached hydrogens (tertiary/aromatic N) is 3. The Morgan fingerprint density at radius 1 is 1.47 bits per heavy atom. The number of nitrogens with one attached hydrogen (secondary N) is 1. The van der Waals surface area contributed by atoms with Crippen LogP contribution in [0.2, 0.25) is 0 Å². The highest BCUT2D eigenvalue weighted by Gasteiger charge is 2.30. The fourth-order valence-electron chi connectivity index (χ4n) is 2.55. The Bertz CT molecular complexity index is 453. The monoisotopic (exact) mass is 264 g/mol. The van der Waals surface area contributed by atoms with E-state index in [1.165, 1.54) is 0 Å². The average Bonchev–Trinajstić information content (AvgIpc) is 3.17. The molecule has 1 aromatic heterocycles. The molecule has 2 fully saturated rings. The fourth-order valence-corrected chi connectivity index (χ4v) is 2.55. The molecular formula is C13H20N4O2. The lowest BCUT2D eigenvalue weighted by Crippen LogP contribution is -2.43. The van der Waals surface area contributed by atoms with Crippen molar-refractivity contribution in [2.75, 3.05) is 19.7 Å². The van der Waals surface area contributed by atoms with Gasteiger partial charge >= 0.3 is 0 Å². The molecule has 2 heterocycles. The van der Waals surface area contributed by atoms with Gasteiger partial charge in [-0.15, -0.1) is 5.10 Å². The van der Waals surface area contributed by atoms with Crippen molar-refractivity contribution >= 4 is 5.91 Å². The molecule has 6 heteroatoms. The Morgan fingerprint density at radius 3 is 3.05 bits per heavy atom. The molecule has 1 aliphatic heterocycles. The summed E-state index contributed by atoms with van der Waals surface area (Å²) < 4.78 is 5.61. The molecule has 1 saturated carbocycles. The van der Waals surface area contributed by atoms with Crippen molar-refractivity contribution in [2.45, 2.75) is 44.6 Å². The molecule has 104 valence electrons. The molecular weight excluding hydrogens is 244 g/mol. The van der Waals surface area contributed by atoms with E-state index in [1.54, 1.807) is 0 Å². The number of aromatic nitrogens is 3. The summed E-state index contributed by atoms with van der Waals surface area (Å²) in [6.45, 7) is 4.10. The van der Waals surface area contributed by atoms with Crippen LogP contribution < -0.4 is 0 Å². The maximum Gasteiger partial charge on any atom is 0.293 e. The van der Waals surface area contributed by atoms with Crippen molar-refractivity contribution in [1.29, 1.82) is 0 Å². The zero-order valence-corrected chi connectivity index (χ0v) is 11.3. The number of hydrogen-bond acceptors (Lipinski definition) is 4. The molecule has 1 amide bonds. The molecule has 1 atom stereocenters. The third-order valence-electron chi connectivity index (χ3n) is 3.73. The first-order valence-electron chi connectivity index (χ1n) is 7.11. The van der Waals surface area contributed by atoms with Crippen LogP contribution in [0.1, 0.15) is 55.0 Å². The van der Waals surface area contributed by atoms with Crippen molar-refractivity contribution < 1.29 is 9.53 Å². The van der Waals surface area contributed by atoms with Gasteiger partial charge < -0.3 is 9.64 Å². The first kappa shape index (κ1) is 12.6. The van der Waals surface area contributed by atoms with Gasteiger partial charge in [0.25, 0.3) is 5.91 Å². The number of piperidine rings is 1. The van der Waals surface area contributed by atoms with Crippen molar-refractivity contribution in [2.24, 2.45) is 0 Å². The Balaban J connectivity index is 1.64. The van der Waals surface area contributed by atoms with E-state index < -0.39 is 0 Å². The lowest BCUT2D eigenvalue weighted by atomic mass is 10.1. The smallest absolute Gasteiger partial charge is 0.293 e. The normalized spacial score (nSPS) is 23.6. The second-order valence-corrected chi connectivity index (χ2v) is 5.29. The van der Waals surface area contributed by atoms with Crippen molar-refractivity contribution in [3.8, 4) is 0 Å². The van der Waals surface area contributed by atoms with Gasteiger partial charge in [0.15, 0.2) is 0 Å². The van der Waals surface area contributed by atoms with Gasteiger partial charge in [-0.1, -0.05) is 0 Å². The van der Waals surface area contributed by atoms with Crippen molar-refractivity contribution in [1.82, 2.24) is 20.1 Å². The number of H-pyrrole nitrogens is 1. The Kier molecular flexibility index (Phi) is 3.50. The van der Waals surface area contributed by atoms with E-state index in [0.29, 0.717) is 24.9 Å². The number of aromatic amines is 1. The van der Waals surface area contributed by atoms with E-state index in [2.05, 4.69) is 15.2 Å². The Labute approximate surface area is 112 Å². The first-order valence-corrected chi connectivity index (χ1v) is 7.11. The number of carbonyl (C=O) groups excluding carboxylic acids is 1. The maximum atomic E-state index is 12.3. The van der Waals surface area contributed by atoms with Gasteiger partial charge in [0.1, 0.15) is 5.82 Å². The van der Waals surface area contributed by atoms with E-state index in [9.17, 15) is 4.79 Å². The van der Waals surface area contributed by atoms with Gasteiger partial charge in [-0.2, -0.15) is 0 Å². The minimum Gasteiger partial charge on any atom is -0.377 e. The Hall–Kier alpha value is -1.43. The molecule has 6 nitrogen and oxygen atoms in total. The fraction of sp³-hybridized carbons (Fsp3) is 0.769. The van der Waals surface area contributed by atoms with Crippen LogP contribution in [0.25, 0.3) is 0 Å². The zero-order valence-electron chi connectivity index (χ0n) is 11.3. The summed E-state index contributed by atoms with van der Waals surface area (Å²) in [5.74, 6) is 1.58. The lowest BCUT2D eigenvalue weighted by Gasteiger charge is -2.31. The third-order valence-corrected chi connectivity index (χ3v) is 3.73. The highest BCUT2D eigenvalue weighted by Crippen LogP contribution is 2.37. The number of rotatable bonds is 4. The molecule has 0 bridgehead atoms. The van der Waals surface area contributed by atoms with Gasteiger partial charge in [0.05, 0.1) is 6.10 Å². The van der Waals surface area contributed by atoms with E-state index >= 15 is 0 Å². The Morgan fingerprint density at radius 2 is 2.32 bits per heavy atom. The topological polar surface area (TPSA) is 71.1 Å². The molecule has 19 heavy (non-hydrogen) atoms. The number of ether oxygens (including phenoxy) is 1. The minimum atomic E-state index is -0.0763. The molecule has 1 saturated heterocycles. The summed E-state index contributed by atoms with van der Waals surface area (Å²) in [5.41, 5.74) is 0. The molecule has 1 N–H and O–H groups in total. The van der Waals surface area contributed by atoms with Crippen molar-refractivity contribution in [3.63, 3.8) is 0 Å². The molecule has 2 aliphatic rings. The highest BCUT2D eigenvalue weighted by molar-refractivity contribution is 5.90. The quantitative estimate of drug-likeness (QED) is 0.890. The zero-order chi connectivity index (χ0) is 13.2. The second kappa shape index (κ2) is 5.28. The second-order valence-electron chi connectivity index (χ2n) is 5.29. The van der Waals surface area contributed by atoms with E-state index in [-0.39, 0.29) is 12.0 Å². The van der Waals surface area contributed by atoms with Crippen molar-refractivity contribution in [3.05, 3.63) is 11.6 Å². The highest BCUT2D eigenvalue weighted by atomic mass is 16.5. The van der Waals surface area contributed by atoms with Crippen LogP contribution in [0.15, 0.2) is 0 Å². The van der Waals surface area contributed by atoms with Gasteiger partial charge in [0, 0.05) is 25.6 Å². The van der Waals surface area contributed by atoms with Crippen LogP contribution in [0.5, 0.6) is 0 Å². The summed E-state index contributed by atoms with van der Waals surface area (Å²) in [7, 11) is 0. The van der Waals surface area contributed by atoms with Gasteiger partial charge in [-0.3, -0.25) is 9.89 Å². The van der Waals surface area contributed by atoms with Crippen LogP contribution in [0, 0.1) is 0 Å². The molecule has 0 aromatic carbocycles. The number of amides is 1. The van der Waals surface area contributed by atoms with Crippen LogP contribution >= 0.6 is 0 Å². The molecule has 3 rings (SSSR count). The summed E-state index contributed by atoms with van der Waals surface area (Å²) >= 11 is 0. The molecule has 0 spiro atoms. The van der Waals surface area contributed by atoms with Crippen LogP contribution in [0.4, 0.5) is 0 Å². The van der Waals surface area contributed by atoms with Gasteiger partial charge in [0.2, 0.25) is 5.82 Å². The number of carbonyl (C=O) groups is 1. The maximum absolute atomic E-state index is 12.3. The average molecular weight is 264 g/mol.